The van der Waals surface area contributed by atoms with Gasteiger partial charge in [0.2, 0.25) is 10.0 Å². The number of nitrogens with one attached hydrogen (secondary N) is 1. The van der Waals surface area contributed by atoms with Crippen LogP contribution in [-0.4, -0.2) is 26.2 Å². The summed E-state index contributed by atoms with van der Waals surface area (Å²) in [4.78, 5) is 0. The first kappa shape index (κ1) is 17.6. The van der Waals surface area contributed by atoms with Gasteiger partial charge in [-0.15, -0.1) is 0 Å². The van der Waals surface area contributed by atoms with Gasteiger partial charge in [0.25, 0.3) is 0 Å². The summed E-state index contributed by atoms with van der Waals surface area (Å²) in [6.45, 7) is 3.59. The topological polar surface area (TPSA) is 90.2 Å². The highest BCUT2D eigenvalue weighted by atomic mass is 32.2. The Morgan fingerprint density at radius 1 is 1.48 bits per heavy atom. The molecule has 0 aliphatic rings. The lowest BCUT2D eigenvalue weighted by Gasteiger charge is -2.17. The number of hydrogen-bond acceptors (Lipinski definition) is 4. The van der Waals surface area contributed by atoms with Crippen molar-refractivity contribution >= 4 is 10.0 Å². The van der Waals surface area contributed by atoms with Crippen LogP contribution in [0.15, 0.2) is 18.2 Å². The molecule has 116 valence electrons. The molecule has 2 unspecified atom stereocenters. The van der Waals surface area contributed by atoms with Crippen LogP contribution in [0.1, 0.15) is 31.4 Å². The smallest absolute Gasteiger partial charge is 0.215 e. The van der Waals surface area contributed by atoms with E-state index in [9.17, 15) is 17.9 Å². The van der Waals surface area contributed by atoms with Crippen molar-refractivity contribution in [2.24, 2.45) is 5.92 Å². The predicted molar refractivity (Wildman–Crippen MR) is 77.2 cm³/mol. The van der Waals surface area contributed by atoms with Crippen molar-refractivity contribution in [3.8, 4) is 6.07 Å². The number of aliphatic hydroxyl groups excluding tert-OH is 1. The van der Waals surface area contributed by atoms with Gasteiger partial charge in [-0.3, -0.25) is 0 Å². The monoisotopic (exact) mass is 314 g/mol. The van der Waals surface area contributed by atoms with Crippen molar-refractivity contribution < 1.29 is 17.9 Å². The summed E-state index contributed by atoms with van der Waals surface area (Å²) in [6, 6.07) is 5.39. The van der Waals surface area contributed by atoms with Gasteiger partial charge in [-0.1, -0.05) is 20.3 Å². The summed E-state index contributed by atoms with van der Waals surface area (Å²) in [5, 5.41) is 18.5. The molecule has 2 N–H and O–H groups in total. The van der Waals surface area contributed by atoms with Gasteiger partial charge in [0, 0.05) is 12.1 Å². The highest BCUT2D eigenvalue weighted by Gasteiger charge is 2.19. The van der Waals surface area contributed by atoms with Crippen molar-refractivity contribution in [2.45, 2.75) is 32.1 Å². The number of hydrogen-bond donors (Lipinski definition) is 2. The molecule has 2 atom stereocenters. The number of aliphatic hydroxyl groups is 1. The van der Waals surface area contributed by atoms with E-state index < -0.39 is 27.7 Å². The van der Waals surface area contributed by atoms with Crippen molar-refractivity contribution in [3.63, 3.8) is 0 Å². The first-order chi connectivity index (χ1) is 9.79. The second kappa shape index (κ2) is 7.50. The minimum atomic E-state index is -3.78. The van der Waals surface area contributed by atoms with Crippen LogP contribution in [0.2, 0.25) is 0 Å². The lowest BCUT2D eigenvalue weighted by molar-refractivity contribution is 0.118. The van der Waals surface area contributed by atoms with Crippen LogP contribution in [-0.2, 0) is 15.8 Å². The van der Waals surface area contributed by atoms with Crippen LogP contribution in [0.3, 0.4) is 0 Å². The van der Waals surface area contributed by atoms with E-state index in [1.807, 2.05) is 19.9 Å². The highest BCUT2D eigenvalue weighted by molar-refractivity contribution is 7.88. The predicted octanol–water partition coefficient (Wildman–Crippen LogP) is 1.52. The Morgan fingerprint density at radius 2 is 2.14 bits per heavy atom. The largest absolute Gasteiger partial charge is 0.391 e. The van der Waals surface area contributed by atoms with Gasteiger partial charge in [-0.25, -0.2) is 17.5 Å². The Kier molecular flexibility index (Phi) is 6.27. The Morgan fingerprint density at radius 3 is 2.71 bits per heavy atom. The molecule has 1 aromatic carbocycles. The quantitative estimate of drug-likeness (QED) is 0.798. The van der Waals surface area contributed by atoms with Crippen molar-refractivity contribution in [2.75, 3.05) is 6.54 Å². The average Bonchev–Trinajstić information content (AvgIpc) is 2.46. The molecule has 0 bridgehead atoms. The molecular formula is C14H19FN2O3S. The zero-order valence-electron chi connectivity index (χ0n) is 12.0. The van der Waals surface area contributed by atoms with Gasteiger partial charge in [0.05, 0.1) is 23.5 Å². The molecule has 21 heavy (non-hydrogen) atoms. The second-order valence-corrected chi connectivity index (χ2v) is 6.79. The number of nitrogens with zero attached hydrogens (tertiary/aromatic N) is 1. The standard InChI is InChI=1S/C14H19FN2O3S/c1-3-10(2)14(18)8-17-21(19,20)9-12-6-11(7-16)4-5-13(12)15/h4-6,10,14,17-18H,3,8-9H2,1-2H3. The fourth-order valence-corrected chi connectivity index (χ4v) is 2.85. The summed E-state index contributed by atoms with van der Waals surface area (Å²) >= 11 is 0. The third kappa shape index (κ3) is 5.42. The maximum atomic E-state index is 13.6. The molecule has 0 aliphatic carbocycles. The summed E-state index contributed by atoms with van der Waals surface area (Å²) in [6.07, 6.45) is -0.0677. The van der Waals surface area contributed by atoms with E-state index in [1.54, 1.807) is 0 Å². The molecule has 0 fully saturated rings. The second-order valence-electron chi connectivity index (χ2n) is 4.98. The summed E-state index contributed by atoms with van der Waals surface area (Å²) < 4.78 is 39.6. The van der Waals surface area contributed by atoms with Crippen molar-refractivity contribution in [1.29, 1.82) is 5.26 Å². The van der Waals surface area contributed by atoms with Gasteiger partial charge in [0.1, 0.15) is 5.82 Å². The lowest BCUT2D eigenvalue weighted by Crippen LogP contribution is -2.36. The molecule has 1 rings (SSSR count). The third-order valence-corrected chi connectivity index (χ3v) is 4.63. The lowest BCUT2D eigenvalue weighted by atomic mass is 10.0. The minimum absolute atomic E-state index is 0.0358. The fourth-order valence-electron chi connectivity index (χ4n) is 1.70. The minimum Gasteiger partial charge on any atom is -0.391 e. The molecule has 0 spiro atoms. The van der Waals surface area contributed by atoms with E-state index in [0.717, 1.165) is 12.5 Å². The summed E-state index contributed by atoms with van der Waals surface area (Å²) in [5.74, 6) is -1.28. The Balaban J connectivity index is 2.75. The van der Waals surface area contributed by atoms with Crippen LogP contribution in [0.25, 0.3) is 0 Å². The van der Waals surface area contributed by atoms with E-state index >= 15 is 0 Å². The SMILES string of the molecule is CCC(C)C(O)CNS(=O)(=O)Cc1cc(C#N)ccc1F. The molecule has 0 saturated carbocycles. The number of rotatable bonds is 7. The molecular weight excluding hydrogens is 295 g/mol. The first-order valence-corrected chi connectivity index (χ1v) is 8.28. The zero-order valence-corrected chi connectivity index (χ0v) is 12.8. The molecule has 0 aromatic heterocycles. The van der Waals surface area contributed by atoms with Gasteiger partial charge >= 0.3 is 0 Å². The van der Waals surface area contributed by atoms with Crippen molar-refractivity contribution in [3.05, 3.63) is 35.1 Å². The van der Waals surface area contributed by atoms with E-state index in [0.29, 0.717) is 0 Å². The molecule has 0 radical (unpaired) electrons. The number of benzene rings is 1. The van der Waals surface area contributed by atoms with Crippen LogP contribution < -0.4 is 4.72 Å². The van der Waals surface area contributed by atoms with Gasteiger partial charge in [0.15, 0.2) is 0 Å². The van der Waals surface area contributed by atoms with E-state index in [2.05, 4.69) is 4.72 Å². The maximum absolute atomic E-state index is 13.6. The fraction of sp³-hybridized carbons (Fsp3) is 0.500. The Hall–Kier alpha value is -1.49. The number of halogens is 1. The van der Waals surface area contributed by atoms with E-state index in [4.69, 9.17) is 5.26 Å². The van der Waals surface area contributed by atoms with E-state index in [1.165, 1.54) is 12.1 Å². The Bertz CT molecular complexity index is 626. The molecule has 7 heteroatoms. The molecule has 0 heterocycles. The molecule has 0 aliphatic heterocycles. The average molecular weight is 314 g/mol. The number of nitriles is 1. The molecule has 0 saturated heterocycles. The van der Waals surface area contributed by atoms with Crippen LogP contribution >= 0.6 is 0 Å². The van der Waals surface area contributed by atoms with Crippen LogP contribution in [0.5, 0.6) is 0 Å². The number of sulfonamides is 1. The van der Waals surface area contributed by atoms with Crippen LogP contribution in [0.4, 0.5) is 4.39 Å². The van der Waals surface area contributed by atoms with Gasteiger partial charge in [-0.2, -0.15) is 5.26 Å². The zero-order chi connectivity index (χ0) is 16.0. The van der Waals surface area contributed by atoms with E-state index in [-0.39, 0.29) is 23.6 Å². The molecule has 1 aromatic rings. The van der Waals surface area contributed by atoms with Gasteiger partial charge in [-0.05, 0) is 24.1 Å². The molecule has 0 amide bonds. The summed E-state index contributed by atoms with van der Waals surface area (Å²) in [7, 11) is -3.78. The van der Waals surface area contributed by atoms with Crippen molar-refractivity contribution in [1.82, 2.24) is 4.72 Å². The van der Waals surface area contributed by atoms with Crippen LogP contribution in [0, 0.1) is 23.1 Å². The first-order valence-electron chi connectivity index (χ1n) is 6.63. The maximum Gasteiger partial charge on any atom is 0.215 e. The highest BCUT2D eigenvalue weighted by Crippen LogP contribution is 2.13. The molecule has 5 nitrogen and oxygen atoms in total. The third-order valence-electron chi connectivity index (χ3n) is 3.33. The normalized spacial score (nSPS) is 14.4. The summed E-state index contributed by atoms with van der Waals surface area (Å²) in [5.41, 5.74) is 0.126. The Labute approximate surface area is 124 Å². The van der Waals surface area contributed by atoms with Gasteiger partial charge < -0.3 is 5.11 Å².